The lowest BCUT2D eigenvalue weighted by molar-refractivity contribution is 0.0726. The number of hydrogen-bond donors (Lipinski definition) is 0. The highest BCUT2D eigenvalue weighted by Gasteiger charge is 2.39. The van der Waals surface area contributed by atoms with E-state index in [-0.39, 0.29) is 11.7 Å². The van der Waals surface area contributed by atoms with Crippen molar-refractivity contribution in [2.45, 2.75) is 96.8 Å². The molecule has 0 heterocycles. The normalized spacial score (nSPS) is 34.4. The second-order valence-corrected chi connectivity index (χ2v) is 10.6. The Balaban J connectivity index is 1.35. The van der Waals surface area contributed by atoms with Gasteiger partial charge in [0.2, 0.25) is 5.82 Å². The van der Waals surface area contributed by atoms with Crippen LogP contribution in [-0.2, 0) is 0 Å². The van der Waals surface area contributed by atoms with E-state index in [0.29, 0.717) is 18.1 Å². The molecule has 1 aromatic carbocycles. The van der Waals surface area contributed by atoms with E-state index >= 15 is 0 Å². The molecular formula is C27H40F2O. The maximum absolute atomic E-state index is 14.9. The molecule has 0 radical (unpaired) electrons. The Morgan fingerprint density at radius 3 is 2.17 bits per heavy atom. The first-order chi connectivity index (χ1) is 14.6. The van der Waals surface area contributed by atoms with Crippen LogP contribution in [0.4, 0.5) is 8.78 Å². The van der Waals surface area contributed by atoms with Gasteiger partial charge in [-0.05, 0) is 105 Å². The van der Waals surface area contributed by atoms with Gasteiger partial charge in [-0.2, -0.15) is 4.39 Å². The summed E-state index contributed by atoms with van der Waals surface area (Å²) in [5.41, 5.74) is 0.581. The number of ether oxygens (including phenoxy) is 1. The highest BCUT2D eigenvalue weighted by molar-refractivity contribution is 5.33. The van der Waals surface area contributed by atoms with Gasteiger partial charge in [0.25, 0.3) is 0 Å². The molecule has 168 valence electrons. The van der Waals surface area contributed by atoms with E-state index < -0.39 is 11.6 Å². The summed E-state index contributed by atoms with van der Waals surface area (Å²) >= 11 is 0. The molecular weight excluding hydrogens is 378 g/mol. The molecule has 3 heteroatoms. The van der Waals surface area contributed by atoms with Crippen molar-refractivity contribution < 1.29 is 13.5 Å². The van der Waals surface area contributed by atoms with Gasteiger partial charge in [0.05, 0.1) is 6.61 Å². The van der Waals surface area contributed by atoms with Gasteiger partial charge in [-0.25, -0.2) is 4.39 Å². The van der Waals surface area contributed by atoms with E-state index in [1.165, 1.54) is 51.4 Å². The summed E-state index contributed by atoms with van der Waals surface area (Å²) in [5.74, 6) is 3.08. The van der Waals surface area contributed by atoms with Crippen molar-refractivity contribution in [3.8, 4) is 5.75 Å². The lowest BCUT2D eigenvalue weighted by Crippen LogP contribution is -2.34. The minimum absolute atomic E-state index is 0.0701. The summed E-state index contributed by atoms with van der Waals surface area (Å²) in [6.07, 6.45) is 14.8. The molecule has 4 unspecified atom stereocenters. The van der Waals surface area contributed by atoms with E-state index in [1.54, 1.807) is 12.1 Å². The predicted octanol–water partition coefficient (Wildman–Crippen LogP) is 8.27. The molecule has 0 saturated heterocycles. The van der Waals surface area contributed by atoms with Gasteiger partial charge in [-0.15, -0.1) is 0 Å². The van der Waals surface area contributed by atoms with Crippen molar-refractivity contribution in [3.05, 3.63) is 29.3 Å². The number of fused-ring (bicyclic) bond motifs is 1. The standard InChI is InChI=1S/C27H40F2O/c1-3-4-15-30-25-14-13-24(26(28)27(25)29)23-12-11-21-16-20(9-10-22(21)17-23)19-7-5-18(2)6-8-19/h13-14,18-23H,3-12,15-17H2,1-2H3. The Bertz CT molecular complexity index is 694. The van der Waals surface area contributed by atoms with Crippen LogP contribution in [0.15, 0.2) is 12.1 Å². The van der Waals surface area contributed by atoms with Crippen LogP contribution in [0.5, 0.6) is 5.75 Å². The van der Waals surface area contributed by atoms with Crippen molar-refractivity contribution in [3.63, 3.8) is 0 Å². The minimum atomic E-state index is -0.791. The Kier molecular flexibility index (Phi) is 7.36. The van der Waals surface area contributed by atoms with Crippen molar-refractivity contribution in [2.24, 2.45) is 29.6 Å². The lowest BCUT2D eigenvalue weighted by atomic mass is 9.60. The average molecular weight is 419 g/mol. The zero-order valence-electron chi connectivity index (χ0n) is 19.0. The van der Waals surface area contributed by atoms with Crippen LogP contribution in [-0.4, -0.2) is 6.61 Å². The first-order valence-electron chi connectivity index (χ1n) is 12.7. The van der Waals surface area contributed by atoms with Gasteiger partial charge in [0.1, 0.15) is 0 Å². The van der Waals surface area contributed by atoms with Crippen LogP contribution in [0, 0.1) is 41.2 Å². The van der Waals surface area contributed by atoms with Crippen LogP contribution < -0.4 is 4.74 Å². The monoisotopic (exact) mass is 418 g/mol. The third-order valence-corrected chi connectivity index (χ3v) is 8.65. The van der Waals surface area contributed by atoms with Crippen LogP contribution >= 0.6 is 0 Å². The van der Waals surface area contributed by atoms with Crippen molar-refractivity contribution in [2.75, 3.05) is 6.61 Å². The van der Waals surface area contributed by atoms with Gasteiger partial charge >= 0.3 is 0 Å². The van der Waals surface area contributed by atoms with Crippen LogP contribution in [0.2, 0.25) is 0 Å². The molecule has 0 bridgehead atoms. The maximum atomic E-state index is 14.9. The molecule has 0 aromatic heterocycles. The molecule has 0 spiro atoms. The molecule has 4 rings (SSSR count). The highest BCUT2D eigenvalue weighted by Crippen LogP contribution is 2.51. The smallest absolute Gasteiger partial charge is 0.200 e. The Morgan fingerprint density at radius 1 is 0.800 bits per heavy atom. The van der Waals surface area contributed by atoms with Crippen LogP contribution in [0.3, 0.4) is 0 Å². The highest BCUT2D eigenvalue weighted by atomic mass is 19.2. The van der Waals surface area contributed by atoms with E-state index in [4.69, 9.17) is 4.74 Å². The summed E-state index contributed by atoms with van der Waals surface area (Å²) in [7, 11) is 0. The van der Waals surface area contributed by atoms with Gasteiger partial charge in [-0.1, -0.05) is 39.2 Å². The SMILES string of the molecule is CCCCOc1ccc(C2CCC3CC(C4CCC(C)CC4)CCC3C2)c(F)c1F. The molecule has 0 N–H and O–H groups in total. The van der Waals surface area contributed by atoms with E-state index in [2.05, 4.69) is 13.8 Å². The number of hydrogen-bond acceptors (Lipinski definition) is 1. The summed E-state index contributed by atoms with van der Waals surface area (Å²) in [5, 5.41) is 0. The first kappa shape index (κ1) is 22.1. The third kappa shape index (κ3) is 4.86. The predicted molar refractivity (Wildman–Crippen MR) is 119 cm³/mol. The van der Waals surface area contributed by atoms with E-state index in [0.717, 1.165) is 49.4 Å². The number of rotatable bonds is 6. The summed E-state index contributed by atoms with van der Waals surface area (Å²) in [6, 6.07) is 3.44. The Labute approximate surface area is 182 Å². The van der Waals surface area contributed by atoms with Gasteiger partial charge < -0.3 is 4.74 Å². The zero-order chi connectivity index (χ0) is 21.1. The Morgan fingerprint density at radius 2 is 1.43 bits per heavy atom. The fourth-order valence-corrected chi connectivity index (χ4v) is 6.69. The average Bonchev–Trinajstić information content (AvgIpc) is 2.77. The fourth-order valence-electron chi connectivity index (χ4n) is 6.69. The third-order valence-electron chi connectivity index (χ3n) is 8.65. The second-order valence-electron chi connectivity index (χ2n) is 10.6. The number of benzene rings is 1. The minimum Gasteiger partial charge on any atom is -0.490 e. The summed E-state index contributed by atoms with van der Waals surface area (Å²) in [6.45, 7) is 4.91. The molecule has 0 amide bonds. The largest absolute Gasteiger partial charge is 0.490 e. The molecule has 3 saturated carbocycles. The van der Waals surface area contributed by atoms with Gasteiger partial charge in [0, 0.05) is 0 Å². The zero-order valence-corrected chi connectivity index (χ0v) is 19.0. The Hall–Kier alpha value is -1.12. The van der Waals surface area contributed by atoms with Gasteiger partial charge in [-0.3, -0.25) is 0 Å². The maximum Gasteiger partial charge on any atom is 0.200 e. The second kappa shape index (κ2) is 10.0. The van der Waals surface area contributed by atoms with Crippen molar-refractivity contribution in [1.29, 1.82) is 0 Å². The topological polar surface area (TPSA) is 9.23 Å². The quantitative estimate of drug-likeness (QED) is 0.422. The molecule has 3 aliphatic carbocycles. The van der Waals surface area contributed by atoms with E-state index in [1.807, 2.05) is 0 Å². The van der Waals surface area contributed by atoms with Crippen LogP contribution in [0.1, 0.15) is 102 Å². The molecule has 4 atom stereocenters. The number of halogens is 2. The summed E-state index contributed by atoms with van der Waals surface area (Å²) in [4.78, 5) is 0. The van der Waals surface area contributed by atoms with Gasteiger partial charge in [0.15, 0.2) is 11.6 Å². The lowest BCUT2D eigenvalue weighted by Gasteiger charge is -2.45. The molecule has 3 fully saturated rings. The first-order valence-corrected chi connectivity index (χ1v) is 12.7. The molecule has 30 heavy (non-hydrogen) atoms. The van der Waals surface area contributed by atoms with Crippen molar-refractivity contribution in [1.82, 2.24) is 0 Å². The fraction of sp³-hybridized carbons (Fsp3) is 0.778. The van der Waals surface area contributed by atoms with Crippen LogP contribution in [0.25, 0.3) is 0 Å². The molecule has 1 aromatic rings. The van der Waals surface area contributed by atoms with Crippen molar-refractivity contribution >= 4 is 0 Å². The number of unbranched alkanes of at least 4 members (excludes halogenated alkanes) is 1. The molecule has 3 aliphatic rings. The molecule has 1 nitrogen and oxygen atoms in total. The van der Waals surface area contributed by atoms with E-state index in [9.17, 15) is 8.78 Å². The molecule has 0 aliphatic heterocycles. The summed E-state index contributed by atoms with van der Waals surface area (Å²) < 4.78 is 34.9.